The number of carbonyl (C=O) groups is 2. The Labute approximate surface area is 153 Å². The fourth-order valence-corrected chi connectivity index (χ4v) is 1.76. The maximum Gasteiger partial charge on any atom is 1.00 e. The van der Waals surface area contributed by atoms with Crippen molar-refractivity contribution < 1.29 is 91.9 Å². The number of rotatable bonds is 4. The molecule has 0 aromatic heterocycles. The molecule has 1 rings (SSSR count). The first-order valence-corrected chi connectivity index (χ1v) is 5.66. The van der Waals surface area contributed by atoms with Crippen LogP contribution in [-0.4, -0.2) is 24.9 Å². The molecule has 0 aliphatic rings. The van der Waals surface area contributed by atoms with Crippen LogP contribution in [0, 0.1) is 0 Å². The second-order valence-electron chi connectivity index (χ2n) is 3.12. The molecule has 1 aromatic rings. The van der Waals surface area contributed by atoms with Crippen molar-refractivity contribution in [2.75, 3.05) is 0 Å². The van der Waals surface area contributed by atoms with Gasteiger partial charge < -0.3 is 19.8 Å². The first-order valence-electron chi connectivity index (χ1n) is 4.22. The second-order valence-corrected chi connectivity index (χ2v) is 4.54. The van der Waals surface area contributed by atoms with Crippen LogP contribution in [0.4, 0.5) is 0 Å². The van der Waals surface area contributed by atoms with Crippen molar-refractivity contribution in [3.8, 4) is 0 Å². The predicted octanol–water partition coefficient (Wildman–Crippen LogP) is -8.48. The third kappa shape index (κ3) is 5.92. The van der Waals surface area contributed by atoms with Gasteiger partial charge >= 0.3 is 59.1 Å². The van der Waals surface area contributed by atoms with Gasteiger partial charge in [-0.1, -0.05) is 12.1 Å². The second kappa shape index (κ2) is 8.38. The predicted molar refractivity (Wildman–Crippen MR) is 49.0 cm³/mol. The monoisotopic (exact) mass is 304 g/mol. The van der Waals surface area contributed by atoms with Crippen molar-refractivity contribution >= 4 is 22.1 Å². The molecule has 10 heteroatoms. The third-order valence-electron chi connectivity index (χ3n) is 1.96. The number of carboxylic acid groups (broad SMARTS) is 2. The van der Waals surface area contributed by atoms with Gasteiger partial charge in [-0.3, -0.25) is 4.55 Å². The quantitative estimate of drug-likeness (QED) is 0.331. The molecule has 0 spiro atoms. The summed E-state index contributed by atoms with van der Waals surface area (Å²) >= 11 is 0. The van der Waals surface area contributed by atoms with Crippen molar-refractivity contribution in [3.63, 3.8) is 0 Å². The number of aliphatic carboxylic acids is 2. The normalized spacial score (nSPS) is 10.2. The van der Waals surface area contributed by atoms with E-state index in [0.29, 0.717) is 0 Å². The molecule has 0 amide bonds. The van der Waals surface area contributed by atoms with Gasteiger partial charge in [0.1, 0.15) is 0 Å². The van der Waals surface area contributed by atoms with E-state index >= 15 is 0 Å². The van der Waals surface area contributed by atoms with E-state index < -0.39 is 32.9 Å². The molecule has 0 saturated heterocycles. The third-order valence-corrected chi connectivity index (χ3v) is 2.81. The Kier molecular flexibility index (Phi) is 9.42. The summed E-state index contributed by atoms with van der Waals surface area (Å²) in [4.78, 5) is 20.5. The number of hydrogen-bond donors (Lipinski definition) is 1. The molecule has 7 nitrogen and oxygen atoms in total. The van der Waals surface area contributed by atoms with E-state index in [2.05, 4.69) is 0 Å². The maximum absolute atomic E-state index is 10.8. The number of benzene rings is 1. The topological polar surface area (TPSA) is 135 Å². The molecule has 0 unspecified atom stereocenters. The molecule has 1 aromatic carbocycles. The van der Waals surface area contributed by atoms with Crippen LogP contribution in [-0.2, 0) is 19.7 Å². The van der Waals surface area contributed by atoms with Crippen molar-refractivity contribution in [1.82, 2.24) is 0 Å². The van der Waals surface area contributed by atoms with E-state index in [4.69, 9.17) is 4.55 Å². The Morgan fingerprint density at radius 1 is 1.11 bits per heavy atom. The molecule has 0 aliphatic heterocycles. The van der Waals surface area contributed by atoms with E-state index in [1.165, 1.54) is 0 Å². The molecule has 0 fully saturated rings. The standard InChI is InChI=1S/C9H8O7S.2Na/c10-8(11)7(9(12)13)5-2-1-3-6(4-5)17(14,15)16;;/h1-4,7H,(H,10,11)(H,12,13)(H,14,15,16);;/q;2*+1/p-2. The largest absolute Gasteiger partial charge is 1.00 e. The molecule has 0 aliphatic carbocycles. The average molecular weight is 304 g/mol. The fraction of sp³-hybridized carbons (Fsp3) is 0.111. The van der Waals surface area contributed by atoms with Gasteiger partial charge in [-0.05, 0) is 17.7 Å². The van der Waals surface area contributed by atoms with Crippen LogP contribution in [0.1, 0.15) is 11.5 Å². The Morgan fingerprint density at radius 3 is 1.95 bits per heavy atom. The van der Waals surface area contributed by atoms with Crippen molar-refractivity contribution in [2.24, 2.45) is 0 Å². The molecule has 1 N–H and O–H groups in total. The summed E-state index contributed by atoms with van der Waals surface area (Å²) in [5.74, 6) is -5.97. The Balaban J connectivity index is 0. The molecule has 0 heterocycles. The van der Waals surface area contributed by atoms with Crippen LogP contribution in [0.3, 0.4) is 0 Å². The Hall–Kier alpha value is 0.0700. The smallest absolute Gasteiger partial charge is 0.549 e. The minimum Gasteiger partial charge on any atom is -0.549 e. The first-order chi connectivity index (χ1) is 7.73. The average Bonchev–Trinajstić information content (AvgIpc) is 2.15. The van der Waals surface area contributed by atoms with E-state index in [0.717, 1.165) is 24.3 Å². The first kappa shape index (κ1) is 21.4. The van der Waals surface area contributed by atoms with Gasteiger partial charge in [-0.15, -0.1) is 0 Å². The van der Waals surface area contributed by atoms with Crippen LogP contribution in [0.5, 0.6) is 0 Å². The number of carbonyl (C=O) groups excluding carboxylic acids is 2. The summed E-state index contributed by atoms with van der Waals surface area (Å²) < 4.78 is 30.3. The van der Waals surface area contributed by atoms with Gasteiger partial charge in [0.25, 0.3) is 10.1 Å². The fourth-order valence-electron chi connectivity index (χ4n) is 1.22. The molecule has 92 valence electrons. The molecular formula is C9H6Na2O7S. The van der Waals surface area contributed by atoms with Crippen molar-refractivity contribution in [1.29, 1.82) is 0 Å². The molecule has 19 heavy (non-hydrogen) atoms. The zero-order chi connectivity index (χ0) is 13.2. The van der Waals surface area contributed by atoms with E-state index in [1.54, 1.807) is 0 Å². The van der Waals surface area contributed by atoms with Crippen LogP contribution in [0.25, 0.3) is 0 Å². The molecular weight excluding hydrogens is 298 g/mol. The van der Waals surface area contributed by atoms with Gasteiger partial charge in [0.2, 0.25) is 0 Å². The number of carboxylic acids is 2. The van der Waals surface area contributed by atoms with Crippen LogP contribution in [0.15, 0.2) is 29.2 Å². The number of hydrogen-bond acceptors (Lipinski definition) is 6. The minimum atomic E-state index is -4.54. The van der Waals surface area contributed by atoms with Crippen LogP contribution in [0.2, 0.25) is 0 Å². The zero-order valence-electron chi connectivity index (χ0n) is 10.2. The van der Waals surface area contributed by atoms with Gasteiger partial charge in [-0.2, -0.15) is 8.42 Å². The van der Waals surface area contributed by atoms with Crippen LogP contribution < -0.4 is 69.3 Å². The summed E-state index contributed by atoms with van der Waals surface area (Å²) in [5, 5.41) is 21.1. The SMILES string of the molecule is O=C([O-])C(C(=O)[O-])c1cccc(S(=O)(=O)O)c1.[Na+].[Na+]. The Morgan fingerprint density at radius 2 is 1.58 bits per heavy atom. The summed E-state index contributed by atoms with van der Waals surface area (Å²) in [6, 6.07) is 3.88. The Bertz CT molecular complexity index is 556. The van der Waals surface area contributed by atoms with Crippen molar-refractivity contribution in [3.05, 3.63) is 29.8 Å². The van der Waals surface area contributed by atoms with Gasteiger partial charge in [-0.25, -0.2) is 0 Å². The molecule has 0 saturated carbocycles. The molecule has 0 atom stereocenters. The van der Waals surface area contributed by atoms with E-state index in [-0.39, 0.29) is 64.7 Å². The summed E-state index contributed by atoms with van der Waals surface area (Å²) in [5.41, 5.74) is -0.361. The van der Waals surface area contributed by atoms with Gasteiger partial charge in [0, 0.05) is 0 Å². The molecule has 0 radical (unpaired) electrons. The van der Waals surface area contributed by atoms with Crippen LogP contribution >= 0.6 is 0 Å². The zero-order valence-corrected chi connectivity index (χ0v) is 15.0. The van der Waals surface area contributed by atoms with Gasteiger partial charge in [0.05, 0.1) is 22.8 Å². The van der Waals surface area contributed by atoms with E-state index in [9.17, 15) is 28.2 Å². The maximum atomic E-state index is 10.8. The summed E-state index contributed by atoms with van der Waals surface area (Å²) in [7, 11) is -4.54. The summed E-state index contributed by atoms with van der Waals surface area (Å²) in [6.45, 7) is 0. The van der Waals surface area contributed by atoms with Gasteiger partial charge in [0.15, 0.2) is 0 Å². The van der Waals surface area contributed by atoms with Crippen molar-refractivity contribution in [2.45, 2.75) is 10.8 Å². The minimum absolute atomic E-state index is 0. The molecule has 0 bridgehead atoms. The summed E-state index contributed by atoms with van der Waals surface area (Å²) in [6.07, 6.45) is 0. The van der Waals surface area contributed by atoms with E-state index in [1.807, 2.05) is 0 Å².